The molecule has 134 valence electrons. The van der Waals surface area contributed by atoms with Crippen molar-refractivity contribution in [3.63, 3.8) is 0 Å². The van der Waals surface area contributed by atoms with E-state index in [2.05, 4.69) is 6.92 Å². The van der Waals surface area contributed by atoms with Gasteiger partial charge in [0.2, 0.25) is 0 Å². The minimum absolute atomic E-state index is 0.0357. The Bertz CT molecular complexity index is 690. The zero-order valence-corrected chi connectivity index (χ0v) is 16.0. The summed E-state index contributed by atoms with van der Waals surface area (Å²) < 4.78 is 27.6. The van der Waals surface area contributed by atoms with Crippen LogP contribution in [-0.4, -0.2) is 49.2 Å². The number of carbonyl (C=O) groups is 1. The molecule has 2 aliphatic heterocycles. The number of hydrogen-bond acceptors (Lipinski definition) is 4. The van der Waals surface area contributed by atoms with E-state index in [9.17, 15) is 13.2 Å². The van der Waals surface area contributed by atoms with Crippen LogP contribution in [0.25, 0.3) is 0 Å². The number of carbonyl (C=O) groups excluding carboxylic acids is 1. The van der Waals surface area contributed by atoms with E-state index >= 15 is 0 Å². The van der Waals surface area contributed by atoms with Crippen LogP contribution in [-0.2, 0) is 10.0 Å². The van der Waals surface area contributed by atoms with Crippen molar-refractivity contribution in [3.8, 4) is 0 Å². The third-order valence-electron chi connectivity index (χ3n) is 5.20. The van der Waals surface area contributed by atoms with Crippen LogP contribution in [0.15, 0.2) is 15.7 Å². The molecule has 2 saturated heterocycles. The zero-order chi connectivity index (χ0) is 17.3. The molecule has 3 rings (SSSR count). The predicted octanol–water partition coefficient (Wildman–Crippen LogP) is 3.18. The van der Waals surface area contributed by atoms with Crippen LogP contribution < -0.4 is 0 Å². The summed E-state index contributed by atoms with van der Waals surface area (Å²) in [6, 6.07) is 1.61. The Hall–Kier alpha value is -0.920. The molecule has 0 aliphatic carbocycles. The lowest BCUT2D eigenvalue weighted by Gasteiger charge is -2.31. The summed E-state index contributed by atoms with van der Waals surface area (Å²) in [5, 5.41) is 1.70. The van der Waals surface area contributed by atoms with E-state index in [0.29, 0.717) is 22.2 Å². The van der Waals surface area contributed by atoms with Gasteiger partial charge in [-0.05, 0) is 44.6 Å². The molecule has 0 bridgehead atoms. The smallest absolute Gasteiger partial charge is 0.254 e. The summed E-state index contributed by atoms with van der Waals surface area (Å²) >= 11 is 1.17. The quantitative estimate of drug-likeness (QED) is 0.821. The fourth-order valence-corrected chi connectivity index (χ4v) is 6.48. The number of likely N-dealkylation sites (tertiary alicyclic amines) is 1. The molecule has 1 amide bonds. The van der Waals surface area contributed by atoms with Crippen LogP contribution in [0, 0.1) is 5.92 Å². The van der Waals surface area contributed by atoms with E-state index in [1.54, 1.807) is 15.8 Å². The molecule has 1 aromatic heterocycles. The highest BCUT2D eigenvalue weighted by molar-refractivity contribution is 7.91. The highest BCUT2D eigenvalue weighted by Crippen LogP contribution is 2.30. The van der Waals surface area contributed by atoms with Crippen molar-refractivity contribution in [2.45, 2.75) is 56.2 Å². The maximum Gasteiger partial charge on any atom is 0.254 e. The highest BCUT2D eigenvalue weighted by atomic mass is 32.2. The maximum absolute atomic E-state index is 12.9. The summed E-state index contributed by atoms with van der Waals surface area (Å²) in [7, 11) is -3.48. The van der Waals surface area contributed by atoms with Crippen molar-refractivity contribution in [1.82, 2.24) is 9.21 Å². The first-order valence-electron chi connectivity index (χ1n) is 8.79. The van der Waals surface area contributed by atoms with E-state index in [1.165, 1.54) is 11.3 Å². The summed E-state index contributed by atoms with van der Waals surface area (Å²) in [5.41, 5.74) is 0.512. The van der Waals surface area contributed by atoms with E-state index < -0.39 is 10.0 Å². The number of nitrogens with zero attached hydrogens (tertiary/aromatic N) is 2. The van der Waals surface area contributed by atoms with Crippen LogP contribution in [0.4, 0.5) is 0 Å². The average molecular weight is 371 g/mol. The van der Waals surface area contributed by atoms with Crippen molar-refractivity contribution in [1.29, 1.82) is 0 Å². The number of hydrogen-bond donors (Lipinski definition) is 0. The second kappa shape index (κ2) is 7.14. The van der Waals surface area contributed by atoms with Gasteiger partial charge in [-0.25, -0.2) is 8.42 Å². The maximum atomic E-state index is 12.9. The topological polar surface area (TPSA) is 57.7 Å². The molecule has 5 nitrogen and oxygen atoms in total. The van der Waals surface area contributed by atoms with Gasteiger partial charge < -0.3 is 4.90 Å². The first-order valence-corrected chi connectivity index (χ1v) is 11.1. The number of rotatable bonds is 3. The standard InChI is InChI=1S/C17H26N2O3S2/c1-13-6-9-18(10-7-13)17(20)15-11-16(23-12-15)24(21,22)19-8-4-3-5-14(19)2/h11-14H,3-10H2,1-2H3. The minimum atomic E-state index is -3.48. The SMILES string of the molecule is CC1CCN(C(=O)c2csc(S(=O)(=O)N3CCCCC3C)c2)CC1. The molecule has 1 unspecified atom stereocenters. The van der Waals surface area contributed by atoms with Crippen LogP contribution in [0.2, 0.25) is 0 Å². The van der Waals surface area contributed by atoms with Gasteiger partial charge in [-0.1, -0.05) is 13.3 Å². The lowest BCUT2D eigenvalue weighted by atomic mass is 9.99. The monoisotopic (exact) mass is 370 g/mol. The molecule has 1 aromatic rings. The Kier molecular flexibility index (Phi) is 5.32. The molecule has 1 atom stereocenters. The first-order chi connectivity index (χ1) is 11.4. The van der Waals surface area contributed by atoms with Gasteiger partial charge in [-0.15, -0.1) is 11.3 Å². The molecular weight excluding hydrogens is 344 g/mol. The number of amides is 1. The van der Waals surface area contributed by atoms with Gasteiger partial charge in [-0.2, -0.15) is 4.31 Å². The van der Waals surface area contributed by atoms with Gasteiger partial charge >= 0.3 is 0 Å². The second-order valence-electron chi connectivity index (χ2n) is 7.09. The average Bonchev–Trinajstić information content (AvgIpc) is 3.06. The molecule has 0 spiro atoms. The third kappa shape index (κ3) is 3.53. The largest absolute Gasteiger partial charge is 0.339 e. The minimum Gasteiger partial charge on any atom is -0.339 e. The van der Waals surface area contributed by atoms with Gasteiger partial charge in [0.25, 0.3) is 15.9 Å². The van der Waals surface area contributed by atoms with Crippen molar-refractivity contribution >= 4 is 27.3 Å². The summed E-state index contributed by atoms with van der Waals surface area (Å²) in [6.45, 7) is 6.28. The lowest BCUT2D eigenvalue weighted by molar-refractivity contribution is 0.0697. The van der Waals surface area contributed by atoms with Gasteiger partial charge in [0, 0.05) is 31.1 Å². The Morgan fingerprint density at radius 1 is 1.12 bits per heavy atom. The third-order valence-corrected chi connectivity index (χ3v) is 8.63. The van der Waals surface area contributed by atoms with E-state index in [4.69, 9.17) is 0 Å². The number of sulfonamides is 1. The summed E-state index contributed by atoms with van der Waals surface area (Å²) in [6.07, 6.45) is 4.93. The Balaban J connectivity index is 1.76. The van der Waals surface area contributed by atoms with Gasteiger partial charge in [0.1, 0.15) is 4.21 Å². The molecule has 2 aliphatic rings. The Labute approximate surface area is 148 Å². The molecule has 24 heavy (non-hydrogen) atoms. The predicted molar refractivity (Wildman–Crippen MR) is 95.8 cm³/mol. The molecule has 0 radical (unpaired) electrons. The van der Waals surface area contributed by atoms with Crippen LogP contribution >= 0.6 is 11.3 Å². The molecule has 0 aromatic carbocycles. The Morgan fingerprint density at radius 2 is 1.83 bits per heavy atom. The van der Waals surface area contributed by atoms with Crippen molar-refractivity contribution in [3.05, 3.63) is 17.0 Å². The lowest BCUT2D eigenvalue weighted by Crippen LogP contribution is -2.41. The first kappa shape index (κ1) is 17.9. The van der Waals surface area contributed by atoms with Crippen molar-refractivity contribution in [2.75, 3.05) is 19.6 Å². The molecule has 3 heterocycles. The molecular formula is C17H26N2O3S2. The van der Waals surface area contributed by atoms with Gasteiger partial charge in [0.15, 0.2) is 0 Å². The van der Waals surface area contributed by atoms with Crippen molar-refractivity contribution < 1.29 is 13.2 Å². The number of piperidine rings is 2. The molecule has 0 N–H and O–H groups in total. The molecule has 7 heteroatoms. The molecule has 2 fully saturated rings. The number of thiophene rings is 1. The van der Waals surface area contributed by atoms with Crippen LogP contribution in [0.5, 0.6) is 0 Å². The summed E-state index contributed by atoms with van der Waals surface area (Å²) in [4.78, 5) is 14.5. The second-order valence-corrected chi connectivity index (χ2v) is 10.1. The van der Waals surface area contributed by atoms with Gasteiger partial charge in [-0.3, -0.25) is 4.79 Å². The fraction of sp³-hybridized carbons (Fsp3) is 0.706. The van der Waals surface area contributed by atoms with Crippen LogP contribution in [0.1, 0.15) is 56.3 Å². The van der Waals surface area contributed by atoms with E-state index in [0.717, 1.165) is 45.2 Å². The van der Waals surface area contributed by atoms with Crippen molar-refractivity contribution in [2.24, 2.45) is 5.92 Å². The highest BCUT2D eigenvalue weighted by Gasteiger charge is 2.33. The Morgan fingerprint density at radius 3 is 2.50 bits per heavy atom. The van der Waals surface area contributed by atoms with E-state index in [1.807, 2.05) is 11.8 Å². The van der Waals surface area contributed by atoms with Crippen LogP contribution in [0.3, 0.4) is 0 Å². The fourth-order valence-electron chi connectivity index (χ4n) is 3.50. The normalized spacial score (nSPS) is 24.2. The van der Waals surface area contributed by atoms with E-state index in [-0.39, 0.29) is 11.9 Å². The molecule has 0 saturated carbocycles. The summed E-state index contributed by atoms with van der Waals surface area (Å²) in [5.74, 6) is 0.624. The van der Waals surface area contributed by atoms with Gasteiger partial charge in [0.05, 0.1) is 5.56 Å². The zero-order valence-electron chi connectivity index (χ0n) is 14.4.